The first-order chi connectivity index (χ1) is 9.69. The van der Waals surface area contributed by atoms with E-state index in [0.29, 0.717) is 12.6 Å². The van der Waals surface area contributed by atoms with Crippen LogP contribution in [0.25, 0.3) is 11.0 Å². The maximum Gasteiger partial charge on any atom is 0.356 e. The normalized spacial score (nSPS) is 10.9. The third kappa shape index (κ3) is 2.76. The summed E-state index contributed by atoms with van der Waals surface area (Å²) < 4.78 is 9.02. The van der Waals surface area contributed by atoms with Crippen molar-refractivity contribution in [2.75, 3.05) is 12.3 Å². The number of esters is 1. The van der Waals surface area contributed by atoms with Gasteiger partial charge in [-0.15, -0.1) is 0 Å². The number of nitrogens with two attached hydrogens (primary N) is 1. The number of imidazole rings is 1. The van der Waals surface area contributed by atoms with Crippen molar-refractivity contribution >= 4 is 23.0 Å². The van der Waals surface area contributed by atoms with Gasteiger partial charge in [-0.3, -0.25) is 5.73 Å². The highest BCUT2D eigenvalue weighted by Crippen LogP contribution is 2.15. The van der Waals surface area contributed by atoms with Crippen LogP contribution in [0, 0.1) is 0 Å². The number of carbonyl (C=O) groups excluding carboxylic acids is 1. The van der Waals surface area contributed by atoms with E-state index in [1.54, 1.807) is 0 Å². The van der Waals surface area contributed by atoms with Crippen LogP contribution >= 0.6 is 0 Å². The van der Waals surface area contributed by atoms with Gasteiger partial charge >= 0.3 is 11.9 Å². The smallest absolute Gasteiger partial charge is 0.356 e. The highest BCUT2D eigenvalue weighted by atomic mass is 16.5. The second-order valence-corrected chi connectivity index (χ2v) is 4.75. The summed E-state index contributed by atoms with van der Waals surface area (Å²) in [6.45, 7) is 5.50. The number of aryl methyl sites for hydroxylation is 1. The molecule has 1 heterocycles. The highest BCUT2D eigenvalue weighted by molar-refractivity contribution is 5.75. The van der Waals surface area contributed by atoms with Crippen LogP contribution in [0.1, 0.15) is 26.7 Å². The molecule has 0 amide bonds. The molecule has 1 aromatic heterocycles. The summed E-state index contributed by atoms with van der Waals surface area (Å²) in [7, 11) is 0. The first-order valence-corrected chi connectivity index (χ1v) is 7.11. The molecule has 0 unspecified atom stereocenters. The average molecular weight is 276 g/mol. The number of benzene rings is 1. The summed E-state index contributed by atoms with van der Waals surface area (Å²) in [4.78, 5) is 11.9. The number of nitrogen functional groups attached to an aromatic ring is 1. The van der Waals surface area contributed by atoms with Crippen LogP contribution in [-0.2, 0) is 22.6 Å². The van der Waals surface area contributed by atoms with Crippen molar-refractivity contribution in [2.45, 2.75) is 39.8 Å². The molecule has 0 fully saturated rings. The lowest BCUT2D eigenvalue weighted by molar-refractivity contribution is -0.646. The van der Waals surface area contributed by atoms with Gasteiger partial charge in [-0.1, -0.05) is 25.5 Å². The van der Waals surface area contributed by atoms with E-state index in [1.807, 2.05) is 40.3 Å². The van der Waals surface area contributed by atoms with Crippen molar-refractivity contribution in [1.29, 1.82) is 0 Å². The summed E-state index contributed by atoms with van der Waals surface area (Å²) in [6, 6.07) is 7.89. The Morgan fingerprint density at radius 1 is 1.35 bits per heavy atom. The van der Waals surface area contributed by atoms with Crippen LogP contribution in [0.5, 0.6) is 0 Å². The largest absolute Gasteiger partial charge is 0.463 e. The van der Waals surface area contributed by atoms with Gasteiger partial charge in [-0.2, -0.15) is 0 Å². The lowest BCUT2D eigenvalue weighted by Crippen LogP contribution is -2.41. The molecule has 2 N–H and O–H groups in total. The Morgan fingerprint density at radius 2 is 2.10 bits per heavy atom. The van der Waals surface area contributed by atoms with E-state index in [4.69, 9.17) is 10.5 Å². The summed E-state index contributed by atoms with van der Waals surface area (Å²) in [5.74, 6) is 0.343. The van der Waals surface area contributed by atoms with E-state index >= 15 is 0 Å². The minimum absolute atomic E-state index is 0.156. The van der Waals surface area contributed by atoms with Crippen molar-refractivity contribution < 1.29 is 14.1 Å². The van der Waals surface area contributed by atoms with Crippen LogP contribution in [0.2, 0.25) is 0 Å². The van der Waals surface area contributed by atoms with Gasteiger partial charge in [0.1, 0.15) is 11.0 Å². The van der Waals surface area contributed by atoms with Crippen molar-refractivity contribution in [3.05, 3.63) is 24.3 Å². The molecule has 5 heteroatoms. The highest BCUT2D eigenvalue weighted by Gasteiger charge is 2.21. The molecule has 0 radical (unpaired) electrons. The van der Waals surface area contributed by atoms with Crippen molar-refractivity contribution in [3.8, 4) is 0 Å². The number of ether oxygens (including phenoxy) is 1. The maximum atomic E-state index is 11.9. The quantitative estimate of drug-likeness (QED) is 0.498. The summed E-state index contributed by atoms with van der Waals surface area (Å²) >= 11 is 0. The van der Waals surface area contributed by atoms with Crippen molar-refractivity contribution in [3.63, 3.8) is 0 Å². The van der Waals surface area contributed by atoms with E-state index in [2.05, 4.69) is 6.92 Å². The standard InChI is InChI=1S/C15H21N3O2/c1-3-5-10-20-14(19)11-18-13-9-7-6-8-12(13)17(4-2)15(18)16/h6-9,16H,3-5,10-11H2,1-2H3/p+1. The number of unbranched alkanes of at least 4 members (excludes halogenated alkanes) is 1. The molecule has 108 valence electrons. The molecule has 0 saturated carbocycles. The molecule has 0 aliphatic carbocycles. The molecule has 5 nitrogen and oxygen atoms in total. The number of aromatic nitrogens is 2. The van der Waals surface area contributed by atoms with Gasteiger partial charge < -0.3 is 4.74 Å². The molecule has 20 heavy (non-hydrogen) atoms. The van der Waals surface area contributed by atoms with Gasteiger partial charge in [0.15, 0.2) is 6.54 Å². The number of nitrogens with zero attached hydrogens (tertiary/aromatic N) is 2. The lowest BCUT2D eigenvalue weighted by Gasteiger charge is -2.03. The molecule has 0 aliphatic heterocycles. The van der Waals surface area contributed by atoms with E-state index in [0.717, 1.165) is 30.4 Å². The second-order valence-electron chi connectivity index (χ2n) is 4.75. The Kier molecular flexibility index (Phi) is 4.61. The summed E-state index contributed by atoms with van der Waals surface area (Å²) in [5, 5.41) is 0. The number of hydrogen-bond acceptors (Lipinski definition) is 3. The van der Waals surface area contributed by atoms with Gasteiger partial charge in [0.05, 0.1) is 13.2 Å². The van der Waals surface area contributed by atoms with E-state index in [9.17, 15) is 4.79 Å². The fourth-order valence-corrected chi connectivity index (χ4v) is 2.32. The topological polar surface area (TPSA) is 61.1 Å². The zero-order chi connectivity index (χ0) is 14.5. The first-order valence-electron chi connectivity index (χ1n) is 7.11. The third-order valence-corrected chi connectivity index (χ3v) is 3.38. The molecule has 1 aromatic carbocycles. The van der Waals surface area contributed by atoms with Gasteiger partial charge in [0.25, 0.3) is 0 Å². The number of rotatable bonds is 6. The van der Waals surface area contributed by atoms with Gasteiger partial charge in [0, 0.05) is 0 Å². The van der Waals surface area contributed by atoms with Crippen LogP contribution in [0.4, 0.5) is 5.95 Å². The molecule has 0 atom stereocenters. The van der Waals surface area contributed by atoms with Crippen LogP contribution in [0.15, 0.2) is 24.3 Å². The number of para-hydroxylation sites is 2. The monoisotopic (exact) mass is 276 g/mol. The Labute approximate surface area is 118 Å². The van der Waals surface area contributed by atoms with E-state index in [1.165, 1.54) is 0 Å². The maximum absolute atomic E-state index is 11.9. The van der Waals surface area contributed by atoms with Crippen LogP contribution in [-0.4, -0.2) is 17.1 Å². The molecular formula is C15H22N3O2+. The van der Waals surface area contributed by atoms with E-state index in [-0.39, 0.29) is 12.5 Å². The zero-order valence-electron chi connectivity index (χ0n) is 12.1. The SMILES string of the molecule is CCCCOC(=O)C[n+]1c(N)n(CC)c2ccccc21. The Morgan fingerprint density at radius 3 is 2.80 bits per heavy atom. The summed E-state index contributed by atoms with van der Waals surface area (Å²) in [6.07, 6.45) is 1.90. The number of carbonyl (C=O) groups is 1. The van der Waals surface area contributed by atoms with Gasteiger partial charge in [-0.05, 0) is 25.5 Å². The molecule has 0 bridgehead atoms. The molecule has 0 aliphatic rings. The zero-order valence-corrected chi connectivity index (χ0v) is 12.1. The molecule has 0 saturated heterocycles. The molecule has 2 rings (SSSR count). The Balaban J connectivity index is 2.25. The second kappa shape index (κ2) is 6.41. The Hall–Kier alpha value is -2.04. The first kappa shape index (κ1) is 14.4. The third-order valence-electron chi connectivity index (χ3n) is 3.38. The van der Waals surface area contributed by atoms with Gasteiger partial charge in [0.2, 0.25) is 0 Å². The number of hydrogen-bond donors (Lipinski definition) is 1. The van der Waals surface area contributed by atoms with Crippen molar-refractivity contribution in [1.82, 2.24) is 4.57 Å². The lowest BCUT2D eigenvalue weighted by atomic mass is 10.3. The summed E-state index contributed by atoms with van der Waals surface area (Å²) in [5.41, 5.74) is 8.14. The van der Waals surface area contributed by atoms with Crippen LogP contribution in [0.3, 0.4) is 0 Å². The Bertz CT molecular complexity index is 604. The fourth-order valence-electron chi connectivity index (χ4n) is 2.32. The molecule has 0 spiro atoms. The molecule has 2 aromatic rings. The van der Waals surface area contributed by atoms with E-state index < -0.39 is 0 Å². The predicted molar refractivity (Wildman–Crippen MR) is 78.1 cm³/mol. The van der Waals surface area contributed by atoms with Crippen LogP contribution < -0.4 is 10.3 Å². The average Bonchev–Trinajstić information content (AvgIpc) is 2.72. The van der Waals surface area contributed by atoms with Gasteiger partial charge in [-0.25, -0.2) is 13.9 Å². The molecular weight excluding hydrogens is 254 g/mol. The number of anilines is 1. The predicted octanol–water partition coefficient (Wildman–Crippen LogP) is 1.87. The minimum atomic E-state index is -0.242. The fraction of sp³-hybridized carbons (Fsp3) is 0.467. The minimum Gasteiger partial charge on any atom is -0.463 e. The van der Waals surface area contributed by atoms with Crippen molar-refractivity contribution in [2.24, 2.45) is 0 Å². The number of fused-ring (bicyclic) bond motifs is 1.